The Balaban J connectivity index is 2.02. The molecule has 6 nitrogen and oxygen atoms in total. The fourth-order valence-electron chi connectivity index (χ4n) is 4.05. The number of benzene rings is 1. The predicted molar refractivity (Wildman–Crippen MR) is 139 cm³/mol. The highest BCUT2D eigenvalue weighted by Crippen LogP contribution is 2.43. The van der Waals surface area contributed by atoms with Crippen LogP contribution in [0.1, 0.15) is 50.8 Å². The van der Waals surface area contributed by atoms with Gasteiger partial charge in [-0.2, -0.15) is 0 Å². The number of amides is 2. The maximum atomic E-state index is 14.3. The SMILES string of the molecule is C#CCC[C@@H](C(=O)N1C(=O)OC[C@@H]1Cc1ccccc1)[C@H](O[Si](C)(C)C(C)(C)C)c1cncc(F)c1. The smallest absolute Gasteiger partial charge is 0.416 e. The first-order valence-electron chi connectivity index (χ1n) is 12.2. The summed E-state index contributed by atoms with van der Waals surface area (Å²) >= 11 is 0. The van der Waals surface area contributed by atoms with Gasteiger partial charge < -0.3 is 9.16 Å². The second kappa shape index (κ2) is 11.4. The van der Waals surface area contributed by atoms with Crippen LogP contribution in [0.2, 0.25) is 18.1 Å². The van der Waals surface area contributed by atoms with Crippen molar-refractivity contribution < 1.29 is 23.1 Å². The summed E-state index contributed by atoms with van der Waals surface area (Å²) in [7, 11) is -2.44. The van der Waals surface area contributed by atoms with Crippen LogP contribution in [-0.2, 0) is 20.4 Å². The van der Waals surface area contributed by atoms with Crippen LogP contribution in [-0.4, -0.2) is 42.9 Å². The Kier molecular flexibility index (Phi) is 8.70. The van der Waals surface area contributed by atoms with E-state index in [1.807, 2.05) is 30.3 Å². The van der Waals surface area contributed by atoms with Gasteiger partial charge in [0.1, 0.15) is 12.4 Å². The molecule has 0 aliphatic carbocycles. The number of imide groups is 1. The molecule has 0 saturated carbocycles. The molecule has 2 aromatic rings. The molecule has 0 spiro atoms. The Morgan fingerprint density at radius 1 is 1.31 bits per heavy atom. The minimum atomic E-state index is -2.44. The highest BCUT2D eigenvalue weighted by molar-refractivity contribution is 6.74. The van der Waals surface area contributed by atoms with E-state index in [1.165, 1.54) is 17.2 Å². The van der Waals surface area contributed by atoms with Crippen molar-refractivity contribution in [2.24, 2.45) is 5.92 Å². The van der Waals surface area contributed by atoms with Crippen molar-refractivity contribution in [1.29, 1.82) is 0 Å². The van der Waals surface area contributed by atoms with Crippen molar-refractivity contribution in [3.63, 3.8) is 0 Å². The predicted octanol–water partition coefficient (Wildman–Crippen LogP) is 5.90. The second-order valence-electron chi connectivity index (χ2n) is 10.7. The molecular formula is C28H35FN2O4Si. The average Bonchev–Trinajstić information content (AvgIpc) is 3.17. The monoisotopic (exact) mass is 510 g/mol. The van der Waals surface area contributed by atoms with Crippen molar-refractivity contribution in [3.8, 4) is 12.3 Å². The molecule has 1 fully saturated rings. The van der Waals surface area contributed by atoms with Gasteiger partial charge in [-0.3, -0.25) is 9.78 Å². The van der Waals surface area contributed by atoms with Gasteiger partial charge in [0, 0.05) is 18.2 Å². The Hall–Kier alpha value is -3.02. The Morgan fingerprint density at radius 2 is 2.00 bits per heavy atom. The molecule has 1 aromatic carbocycles. The van der Waals surface area contributed by atoms with Crippen LogP contribution >= 0.6 is 0 Å². The first-order valence-corrected chi connectivity index (χ1v) is 15.1. The lowest BCUT2D eigenvalue weighted by Gasteiger charge is -2.41. The average molecular weight is 511 g/mol. The third-order valence-electron chi connectivity index (χ3n) is 7.08. The van der Waals surface area contributed by atoms with Crippen molar-refractivity contribution in [3.05, 3.63) is 65.7 Å². The van der Waals surface area contributed by atoms with Gasteiger partial charge in [0.05, 0.1) is 24.3 Å². The lowest BCUT2D eigenvalue weighted by molar-refractivity contribution is -0.137. The Labute approximate surface area is 214 Å². The van der Waals surface area contributed by atoms with Gasteiger partial charge in [0.2, 0.25) is 5.91 Å². The molecule has 2 heterocycles. The van der Waals surface area contributed by atoms with Gasteiger partial charge in [-0.1, -0.05) is 51.1 Å². The first kappa shape index (κ1) is 27.6. The van der Waals surface area contributed by atoms with E-state index in [0.29, 0.717) is 18.4 Å². The first-order chi connectivity index (χ1) is 16.9. The van der Waals surface area contributed by atoms with Crippen molar-refractivity contribution in [2.75, 3.05) is 6.61 Å². The number of carbonyl (C=O) groups is 2. The summed E-state index contributed by atoms with van der Waals surface area (Å²) in [6, 6.07) is 10.5. The standard InChI is InChI=1S/C28H35FN2O4Si/c1-7-8-14-24(25(21-16-22(29)18-30-17-21)35-36(5,6)28(2,3)4)26(32)31-23(19-34-27(31)33)15-20-12-10-9-11-13-20/h1,9-13,16-18,23-25H,8,14-15,19H2,2-6H3/t23-,24+,25+/m0/s1. The molecule has 1 aliphatic heterocycles. The molecule has 0 N–H and O–H groups in total. The van der Waals surface area contributed by atoms with E-state index in [4.69, 9.17) is 15.6 Å². The van der Waals surface area contributed by atoms with Crippen LogP contribution in [0.3, 0.4) is 0 Å². The number of nitrogens with zero attached hydrogens (tertiary/aromatic N) is 2. The molecule has 0 radical (unpaired) electrons. The molecule has 36 heavy (non-hydrogen) atoms. The molecule has 0 unspecified atom stereocenters. The quantitative estimate of drug-likeness (QED) is 0.310. The third-order valence-corrected chi connectivity index (χ3v) is 11.5. The number of rotatable bonds is 9. The zero-order valence-electron chi connectivity index (χ0n) is 21.7. The van der Waals surface area contributed by atoms with Gasteiger partial charge >= 0.3 is 6.09 Å². The summed E-state index contributed by atoms with van der Waals surface area (Å²) in [6.07, 6.45) is 7.73. The van der Waals surface area contributed by atoms with Gasteiger partial charge in [-0.25, -0.2) is 14.1 Å². The second-order valence-corrected chi connectivity index (χ2v) is 15.5. The zero-order chi connectivity index (χ0) is 26.5. The maximum absolute atomic E-state index is 14.3. The van der Waals surface area contributed by atoms with Gasteiger partial charge in [0.15, 0.2) is 8.32 Å². The van der Waals surface area contributed by atoms with E-state index in [-0.39, 0.29) is 18.1 Å². The molecule has 8 heteroatoms. The van der Waals surface area contributed by atoms with Crippen LogP contribution in [0.15, 0.2) is 48.8 Å². The maximum Gasteiger partial charge on any atom is 0.416 e. The summed E-state index contributed by atoms with van der Waals surface area (Å²) in [4.78, 5) is 32.1. The third kappa shape index (κ3) is 6.39. The lowest BCUT2D eigenvalue weighted by atomic mass is 9.90. The summed E-state index contributed by atoms with van der Waals surface area (Å²) in [5.41, 5.74) is 1.43. The van der Waals surface area contributed by atoms with Crippen LogP contribution < -0.4 is 0 Å². The molecule has 3 rings (SSSR count). The van der Waals surface area contributed by atoms with Gasteiger partial charge in [0.25, 0.3) is 0 Å². The van der Waals surface area contributed by atoms with Crippen molar-refractivity contribution in [2.45, 2.75) is 70.3 Å². The van der Waals surface area contributed by atoms with E-state index in [1.54, 1.807) is 0 Å². The number of aromatic nitrogens is 1. The number of hydrogen-bond donors (Lipinski definition) is 0. The summed E-state index contributed by atoms with van der Waals surface area (Å²) in [5.74, 6) is 0.824. The van der Waals surface area contributed by atoms with E-state index < -0.39 is 44.2 Å². The lowest BCUT2D eigenvalue weighted by Crippen LogP contribution is -2.48. The molecule has 1 aromatic heterocycles. The molecule has 192 valence electrons. The van der Waals surface area contributed by atoms with Crippen molar-refractivity contribution >= 4 is 20.3 Å². The van der Waals surface area contributed by atoms with Gasteiger partial charge in [-0.05, 0) is 42.6 Å². The normalized spacial score (nSPS) is 17.9. The van der Waals surface area contributed by atoms with Crippen LogP contribution in [0.5, 0.6) is 0 Å². The number of ether oxygens (including phenoxy) is 1. The molecule has 3 atom stereocenters. The number of hydrogen-bond acceptors (Lipinski definition) is 5. The van der Waals surface area contributed by atoms with E-state index in [2.05, 4.69) is 44.8 Å². The highest BCUT2D eigenvalue weighted by atomic mass is 28.4. The highest BCUT2D eigenvalue weighted by Gasteiger charge is 2.47. The number of carbonyl (C=O) groups excluding carboxylic acids is 2. The minimum absolute atomic E-state index is 0.108. The topological polar surface area (TPSA) is 68.7 Å². The molecule has 1 aliphatic rings. The summed E-state index contributed by atoms with van der Waals surface area (Å²) in [5, 5.41) is -0.172. The van der Waals surface area contributed by atoms with Crippen molar-refractivity contribution in [1.82, 2.24) is 9.88 Å². The van der Waals surface area contributed by atoms with Crippen LogP contribution in [0, 0.1) is 24.1 Å². The number of cyclic esters (lactones) is 1. The summed E-state index contributed by atoms with van der Waals surface area (Å²) < 4.78 is 26.3. The van der Waals surface area contributed by atoms with Crippen LogP contribution in [0.25, 0.3) is 0 Å². The largest absolute Gasteiger partial charge is 0.447 e. The Bertz CT molecular complexity index is 1110. The van der Waals surface area contributed by atoms with Crippen LogP contribution in [0.4, 0.5) is 9.18 Å². The number of halogens is 1. The fraction of sp³-hybridized carbons (Fsp3) is 0.464. The fourth-order valence-corrected chi connectivity index (χ4v) is 5.34. The zero-order valence-corrected chi connectivity index (χ0v) is 22.7. The molecular weight excluding hydrogens is 475 g/mol. The minimum Gasteiger partial charge on any atom is -0.447 e. The molecule has 1 saturated heterocycles. The Morgan fingerprint density at radius 3 is 2.61 bits per heavy atom. The molecule has 0 bridgehead atoms. The van der Waals surface area contributed by atoms with E-state index in [9.17, 15) is 14.0 Å². The molecule has 2 amide bonds. The van der Waals surface area contributed by atoms with Gasteiger partial charge in [-0.15, -0.1) is 12.3 Å². The number of terminal acetylenes is 1. The van der Waals surface area contributed by atoms with E-state index in [0.717, 1.165) is 11.8 Å². The summed E-state index contributed by atoms with van der Waals surface area (Å²) in [6.45, 7) is 10.5. The number of pyridine rings is 1. The van der Waals surface area contributed by atoms with E-state index >= 15 is 0 Å².